The second kappa shape index (κ2) is 7.44. The number of aromatic amines is 1. The molecule has 2 N–H and O–H groups in total. The van der Waals surface area contributed by atoms with Crippen molar-refractivity contribution in [2.24, 2.45) is 0 Å². The average Bonchev–Trinajstić information content (AvgIpc) is 2.93. The van der Waals surface area contributed by atoms with Crippen LogP contribution in [0.1, 0.15) is 18.9 Å². The summed E-state index contributed by atoms with van der Waals surface area (Å²) in [5.41, 5.74) is 2.46. The maximum atomic E-state index is 13.1. The molecule has 1 aliphatic heterocycles. The van der Waals surface area contributed by atoms with Crippen LogP contribution in [0.15, 0.2) is 30.5 Å². The maximum absolute atomic E-state index is 13.1. The zero-order valence-electron chi connectivity index (χ0n) is 13.6. The van der Waals surface area contributed by atoms with E-state index in [0.717, 1.165) is 23.2 Å². The van der Waals surface area contributed by atoms with E-state index in [2.05, 4.69) is 15.5 Å². The molecule has 2 aromatic rings. The molecule has 0 saturated carbocycles. The van der Waals surface area contributed by atoms with Gasteiger partial charge in [-0.3, -0.25) is 5.10 Å². The summed E-state index contributed by atoms with van der Waals surface area (Å²) in [6, 6.07) is 6.05. The lowest BCUT2D eigenvalue weighted by atomic mass is 10.1. The van der Waals surface area contributed by atoms with Gasteiger partial charge in [0, 0.05) is 37.4 Å². The summed E-state index contributed by atoms with van der Waals surface area (Å²) < 4.78 is 18.6. The molecule has 1 aromatic heterocycles. The Labute approximate surface area is 140 Å². The number of benzene rings is 1. The van der Waals surface area contributed by atoms with E-state index in [4.69, 9.17) is 4.74 Å². The highest BCUT2D eigenvalue weighted by Gasteiger charge is 2.20. The number of urea groups is 1. The molecule has 1 fully saturated rings. The van der Waals surface area contributed by atoms with Crippen molar-refractivity contribution in [2.75, 3.05) is 19.7 Å². The quantitative estimate of drug-likeness (QED) is 0.907. The van der Waals surface area contributed by atoms with Gasteiger partial charge in [-0.25, -0.2) is 9.18 Å². The van der Waals surface area contributed by atoms with Crippen molar-refractivity contribution in [1.82, 2.24) is 20.4 Å². The monoisotopic (exact) mass is 332 g/mol. The molecule has 0 spiro atoms. The van der Waals surface area contributed by atoms with Crippen molar-refractivity contribution in [2.45, 2.75) is 26.0 Å². The van der Waals surface area contributed by atoms with E-state index in [1.165, 1.54) is 12.1 Å². The topological polar surface area (TPSA) is 70.2 Å². The number of halogens is 1. The van der Waals surface area contributed by atoms with Crippen LogP contribution in [-0.2, 0) is 11.3 Å². The van der Waals surface area contributed by atoms with Crippen molar-refractivity contribution < 1.29 is 13.9 Å². The van der Waals surface area contributed by atoms with Gasteiger partial charge >= 0.3 is 6.03 Å². The first-order valence-electron chi connectivity index (χ1n) is 8.06. The number of nitrogens with zero attached hydrogens (tertiary/aromatic N) is 2. The number of ether oxygens (including phenoxy) is 1. The third-order valence-electron chi connectivity index (χ3n) is 4.02. The van der Waals surface area contributed by atoms with Gasteiger partial charge in [-0.1, -0.05) is 0 Å². The van der Waals surface area contributed by atoms with Crippen LogP contribution in [0.2, 0.25) is 0 Å². The van der Waals surface area contributed by atoms with Crippen LogP contribution >= 0.6 is 0 Å². The summed E-state index contributed by atoms with van der Waals surface area (Å²) in [6.45, 7) is 4.28. The number of hydrogen-bond donors (Lipinski definition) is 2. The fraction of sp³-hybridized carbons (Fsp3) is 0.412. The fourth-order valence-electron chi connectivity index (χ4n) is 2.77. The van der Waals surface area contributed by atoms with Crippen molar-refractivity contribution in [1.29, 1.82) is 0 Å². The van der Waals surface area contributed by atoms with Crippen LogP contribution in [0, 0.1) is 5.82 Å². The van der Waals surface area contributed by atoms with E-state index in [1.54, 1.807) is 23.2 Å². The molecular formula is C17H21FN4O2. The molecule has 128 valence electrons. The Morgan fingerprint density at radius 2 is 2.25 bits per heavy atom. The number of hydrogen-bond acceptors (Lipinski definition) is 3. The number of carbonyl (C=O) groups excluding carboxylic acids is 1. The minimum Gasteiger partial charge on any atom is -0.377 e. The summed E-state index contributed by atoms with van der Waals surface area (Å²) >= 11 is 0. The molecule has 7 heteroatoms. The summed E-state index contributed by atoms with van der Waals surface area (Å²) in [7, 11) is 0. The lowest BCUT2D eigenvalue weighted by molar-refractivity contribution is 0.0710. The standard InChI is InChI=1S/C17H21FN4O2/c1-12-11-22(7-2-8-24-12)17(23)19-9-14-10-20-21-16(14)13-3-5-15(18)6-4-13/h3-6,10,12H,2,7-9,11H2,1H3,(H,19,23)(H,20,21)/t12-/m1/s1. The Hall–Kier alpha value is -2.41. The number of H-pyrrole nitrogens is 1. The third-order valence-corrected chi connectivity index (χ3v) is 4.02. The summed E-state index contributed by atoms with van der Waals surface area (Å²) in [5.74, 6) is -0.286. The number of nitrogens with one attached hydrogen (secondary N) is 2. The Morgan fingerprint density at radius 1 is 1.46 bits per heavy atom. The molecule has 0 unspecified atom stereocenters. The highest BCUT2D eigenvalue weighted by atomic mass is 19.1. The molecule has 3 rings (SSSR count). The predicted octanol–water partition coefficient (Wildman–Crippen LogP) is 2.54. The van der Waals surface area contributed by atoms with Gasteiger partial charge < -0.3 is 15.0 Å². The second-order valence-corrected chi connectivity index (χ2v) is 5.92. The van der Waals surface area contributed by atoms with Gasteiger partial charge in [-0.2, -0.15) is 5.10 Å². The van der Waals surface area contributed by atoms with Crippen molar-refractivity contribution in [3.8, 4) is 11.3 Å². The first kappa shape index (κ1) is 16.4. The predicted molar refractivity (Wildman–Crippen MR) is 87.8 cm³/mol. The summed E-state index contributed by atoms with van der Waals surface area (Å²) in [6.07, 6.45) is 2.55. The van der Waals surface area contributed by atoms with Gasteiger partial charge in [-0.05, 0) is 37.6 Å². The van der Waals surface area contributed by atoms with Gasteiger partial charge in [0.15, 0.2) is 0 Å². The van der Waals surface area contributed by atoms with Crippen LogP contribution in [0.4, 0.5) is 9.18 Å². The Kier molecular flexibility index (Phi) is 5.10. The van der Waals surface area contributed by atoms with Gasteiger partial charge in [0.05, 0.1) is 18.0 Å². The Balaban J connectivity index is 1.64. The first-order chi connectivity index (χ1) is 11.6. The lowest BCUT2D eigenvalue weighted by Crippen LogP contribution is -2.42. The van der Waals surface area contributed by atoms with E-state index in [1.807, 2.05) is 6.92 Å². The summed E-state index contributed by atoms with van der Waals surface area (Å²) in [5, 5.41) is 9.86. The number of rotatable bonds is 3. The molecule has 1 aliphatic rings. The normalized spacial score (nSPS) is 18.2. The Morgan fingerprint density at radius 3 is 3.04 bits per heavy atom. The number of amides is 2. The largest absolute Gasteiger partial charge is 0.377 e. The van der Waals surface area contributed by atoms with Crippen LogP contribution in [0.3, 0.4) is 0 Å². The Bertz CT molecular complexity index is 686. The maximum Gasteiger partial charge on any atom is 0.317 e. The molecule has 1 atom stereocenters. The van der Waals surface area contributed by atoms with Gasteiger partial charge in [-0.15, -0.1) is 0 Å². The molecule has 0 radical (unpaired) electrons. The fourth-order valence-corrected chi connectivity index (χ4v) is 2.77. The molecule has 1 aromatic carbocycles. The number of aromatic nitrogens is 2. The zero-order valence-corrected chi connectivity index (χ0v) is 13.6. The van der Waals surface area contributed by atoms with E-state index < -0.39 is 0 Å². The van der Waals surface area contributed by atoms with Crippen LogP contribution in [0.5, 0.6) is 0 Å². The second-order valence-electron chi connectivity index (χ2n) is 5.92. The first-order valence-corrected chi connectivity index (χ1v) is 8.06. The molecule has 0 bridgehead atoms. The molecule has 2 heterocycles. The SMILES string of the molecule is C[C@@H]1CN(C(=O)NCc2cn[nH]c2-c2ccc(F)cc2)CCCO1. The van der Waals surface area contributed by atoms with E-state index in [0.29, 0.717) is 26.2 Å². The molecule has 24 heavy (non-hydrogen) atoms. The minimum atomic E-state index is -0.286. The lowest BCUT2D eigenvalue weighted by Gasteiger charge is -2.22. The summed E-state index contributed by atoms with van der Waals surface area (Å²) in [4.78, 5) is 14.1. The highest BCUT2D eigenvalue weighted by molar-refractivity contribution is 5.74. The molecule has 2 amide bonds. The highest BCUT2D eigenvalue weighted by Crippen LogP contribution is 2.21. The number of carbonyl (C=O) groups is 1. The van der Waals surface area contributed by atoms with Gasteiger partial charge in [0.25, 0.3) is 0 Å². The van der Waals surface area contributed by atoms with Crippen LogP contribution in [0.25, 0.3) is 11.3 Å². The molecule has 6 nitrogen and oxygen atoms in total. The van der Waals surface area contributed by atoms with Gasteiger partial charge in [0.2, 0.25) is 0 Å². The average molecular weight is 332 g/mol. The van der Waals surface area contributed by atoms with E-state index in [-0.39, 0.29) is 18.0 Å². The molecule has 0 aliphatic carbocycles. The smallest absolute Gasteiger partial charge is 0.317 e. The van der Waals surface area contributed by atoms with Crippen molar-refractivity contribution >= 4 is 6.03 Å². The van der Waals surface area contributed by atoms with E-state index in [9.17, 15) is 9.18 Å². The van der Waals surface area contributed by atoms with Crippen LogP contribution < -0.4 is 5.32 Å². The van der Waals surface area contributed by atoms with Crippen LogP contribution in [-0.4, -0.2) is 46.9 Å². The van der Waals surface area contributed by atoms with E-state index >= 15 is 0 Å². The third kappa shape index (κ3) is 3.91. The minimum absolute atomic E-state index is 0.0435. The molecule has 1 saturated heterocycles. The van der Waals surface area contributed by atoms with Crippen molar-refractivity contribution in [3.05, 3.63) is 41.8 Å². The van der Waals surface area contributed by atoms with Crippen molar-refractivity contribution in [3.63, 3.8) is 0 Å². The van der Waals surface area contributed by atoms with Gasteiger partial charge in [0.1, 0.15) is 5.82 Å². The zero-order chi connectivity index (χ0) is 16.9. The molecular weight excluding hydrogens is 311 g/mol.